The maximum absolute atomic E-state index is 12.8. The number of carbonyl (C=O) groups excluding carboxylic acids is 2. The van der Waals surface area contributed by atoms with E-state index in [1.165, 1.54) is 0 Å². The molecule has 138 valence electrons. The number of rotatable bonds is 4. The predicted octanol–water partition coefficient (Wildman–Crippen LogP) is 3.61. The third kappa shape index (κ3) is 4.01. The fraction of sp³-hybridized carbons (Fsp3) is 0.318. The van der Waals surface area contributed by atoms with Crippen LogP contribution in [0.5, 0.6) is 5.75 Å². The Labute approximate surface area is 159 Å². The summed E-state index contributed by atoms with van der Waals surface area (Å²) < 4.78 is 5.25. The topological polar surface area (TPSA) is 70.4 Å². The number of amides is 1. The van der Waals surface area contributed by atoms with Crippen LogP contribution in [0.3, 0.4) is 0 Å². The number of likely N-dealkylation sites (tertiary alicyclic amines) is 1. The van der Waals surface area contributed by atoms with Crippen molar-refractivity contribution in [3.8, 4) is 11.8 Å². The van der Waals surface area contributed by atoms with Crippen LogP contribution in [-0.4, -0.2) is 36.8 Å². The Morgan fingerprint density at radius 2 is 1.85 bits per heavy atom. The normalized spacial score (nSPS) is 14.5. The molecule has 0 saturated carbocycles. The highest BCUT2D eigenvalue weighted by atomic mass is 16.5. The highest BCUT2D eigenvalue weighted by Gasteiger charge is 2.28. The van der Waals surface area contributed by atoms with E-state index in [2.05, 4.69) is 6.07 Å². The first-order valence-electron chi connectivity index (χ1n) is 9.01. The molecule has 0 aliphatic carbocycles. The minimum absolute atomic E-state index is 0.0766. The van der Waals surface area contributed by atoms with Crippen LogP contribution in [0.25, 0.3) is 0 Å². The van der Waals surface area contributed by atoms with Crippen LogP contribution < -0.4 is 4.74 Å². The highest BCUT2D eigenvalue weighted by molar-refractivity contribution is 5.99. The molecule has 1 heterocycles. The fourth-order valence-corrected chi connectivity index (χ4v) is 3.52. The van der Waals surface area contributed by atoms with Crippen molar-refractivity contribution in [2.75, 3.05) is 20.2 Å². The van der Waals surface area contributed by atoms with Crippen LogP contribution >= 0.6 is 0 Å². The van der Waals surface area contributed by atoms with Crippen LogP contribution in [0.1, 0.15) is 44.7 Å². The number of hydrogen-bond acceptors (Lipinski definition) is 4. The lowest BCUT2D eigenvalue weighted by Crippen LogP contribution is -2.40. The summed E-state index contributed by atoms with van der Waals surface area (Å²) in [5.74, 6) is 0.733. The molecule has 0 bridgehead atoms. The lowest BCUT2D eigenvalue weighted by molar-refractivity contribution is 0.0650. The average molecular weight is 362 g/mol. The van der Waals surface area contributed by atoms with E-state index in [0.29, 0.717) is 42.6 Å². The Hall–Kier alpha value is -3.13. The van der Waals surface area contributed by atoms with Gasteiger partial charge in [0, 0.05) is 30.1 Å². The molecule has 5 heteroatoms. The van der Waals surface area contributed by atoms with Gasteiger partial charge in [0.05, 0.1) is 18.7 Å². The van der Waals surface area contributed by atoms with E-state index in [0.717, 1.165) is 11.3 Å². The molecule has 5 nitrogen and oxygen atoms in total. The lowest BCUT2D eigenvalue weighted by Gasteiger charge is -2.31. The number of benzene rings is 2. The van der Waals surface area contributed by atoms with Gasteiger partial charge in [0.15, 0.2) is 5.78 Å². The number of ether oxygens (including phenoxy) is 1. The molecule has 1 aliphatic heterocycles. The van der Waals surface area contributed by atoms with Crippen LogP contribution in [0, 0.1) is 24.2 Å². The minimum atomic E-state index is -0.0849. The van der Waals surface area contributed by atoms with Crippen LogP contribution in [0.2, 0.25) is 0 Å². The second-order valence-electron chi connectivity index (χ2n) is 6.81. The Balaban J connectivity index is 1.64. The molecule has 1 saturated heterocycles. The molecule has 3 rings (SSSR count). The molecule has 2 aromatic carbocycles. The quantitative estimate of drug-likeness (QED) is 0.779. The third-order valence-electron chi connectivity index (χ3n) is 5.07. The maximum Gasteiger partial charge on any atom is 0.253 e. The van der Waals surface area contributed by atoms with Crippen molar-refractivity contribution in [1.82, 2.24) is 4.90 Å². The Bertz CT molecular complexity index is 906. The predicted molar refractivity (Wildman–Crippen MR) is 102 cm³/mol. The smallest absolute Gasteiger partial charge is 0.253 e. The van der Waals surface area contributed by atoms with Crippen molar-refractivity contribution >= 4 is 11.7 Å². The molecule has 1 amide bonds. The molecule has 0 radical (unpaired) electrons. The maximum atomic E-state index is 12.8. The van der Waals surface area contributed by atoms with Gasteiger partial charge in [-0.1, -0.05) is 6.07 Å². The van der Waals surface area contributed by atoms with Crippen molar-refractivity contribution in [2.45, 2.75) is 19.8 Å². The largest absolute Gasteiger partial charge is 0.496 e. The Morgan fingerprint density at radius 3 is 2.48 bits per heavy atom. The Kier molecular flexibility index (Phi) is 5.56. The molecule has 0 atom stereocenters. The van der Waals surface area contributed by atoms with Gasteiger partial charge in [-0.3, -0.25) is 9.59 Å². The number of nitrogens with zero attached hydrogens (tertiary/aromatic N) is 2. The third-order valence-corrected chi connectivity index (χ3v) is 5.07. The second-order valence-corrected chi connectivity index (χ2v) is 6.81. The van der Waals surface area contributed by atoms with Gasteiger partial charge in [-0.15, -0.1) is 0 Å². The van der Waals surface area contributed by atoms with Gasteiger partial charge in [-0.2, -0.15) is 5.26 Å². The van der Waals surface area contributed by atoms with Crippen molar-refractivity contribution in [2.24, 2.45) is 5.92 Å². The van der Waals surface area contributed by atoms with Gasteiger partial charge in [0.2, 0.25) is 0 Å². The highest BCUT2D eigenvalue weighted by Crippen LogP contribution is 2.26. The summed E-state index contributed by atoms with van der Waals surface area (Å²) in [6.45, 7) is 3.01. The van der Waals surface area contributed by atoms with Gasteiger partial charge < -0.3 is 9.64 Å². The number of piperidine rings is 1. The van der Waals surface area contributed by atoms with E-state index in [1.54, 1.807) is 42.3 Å². The summed E-state index contributed by atoms with van der Waals surface area (Å²) in [6, 6.07) is 14.3. The first kappa shape index (κ1) is 18.7. The van der Waals surface area contributed by atoms with E-state index in [4.69, 9.17) is 10.00 Å². The second kappa shape index (κ2) is 8.05. The summed E-state index contributed by atoms with van der Waals surface area (Å²) in [6.07, 6.45) is 1.29. The summed E-state index contributed by atoms with van der Waals surface area (Å²) in [5, 5.41) is 8.99. The van der Waals surface area contributed by atoms with Gasteiger partial charge in [0.1, 0.15) is 5.75 Å². The first-order valence-corrected chi connectivity index (χ1v) is 9.01. The molecule has 27 heavy (non-hydrogen) atoms. The van der Waals surface area contributed by atoms with Crippen molar-refractivity contribution in [1.29, 1.82) is 5.26 Å². The number of aryl methyl sites for hydroxylation is 1. The zero-order valence-corrected chi connectivity index (χ0v) is 15.6. The summed E-state index contributed by atoms with van der Waals surface area (Å²) >= 11 is 0. The average Bonchev–Trinajstić information content (AvgIpc) is 2.72. The molecule has 0 spiro atoms. The number of ketones is 1. The van der Waals surface area contributed by atoms with Gasteiger partial charge in [-0.25, -0.2) is 0 Å². The van der Waals surface area contributed by atoms with Crippen molar-refractivity contribution in [3.05, 3.63) is 64.7 Å². The van der Waals surface area contributed by atoms with Gasteiger partial charge in [0.25, 0.3) is 5.91 Å². The van der Waals surface area contributed by atoms with E-state index in [9.17, 15) is 9.59 Å². The first-order chi connectivity index (χ1) is 13.0. The SMILES string of the molecule is COc1ccc(C(=O)C2CCN(C(=O)c3cccc(C#N)c3)CC2)cc1C. The van der Waals surface area contributed by atoms with Gasteiger partial charge in [-0.05, 0) is 61.7 Å². The molecule has 1 fully saturated rings. The summed E-state index contributed by atoms with van der Waals surface area (Å²) in [4.78, 5) is 27.2. The van der Waals surface area contributed by atoms with Crippen LogP contribution in [0.4, 0.5) is 0 Å². The van der Waals surface area contributed by atoms with Gasteiger partial charge >= 0.3 is 0 Å². The monoisotopic (exact) mass is 362 g/mol. The number of methoxy groups -OCH3 is 1. The number of carbonyl (C=O) groups is 2. The standard InChI is InChI=1S/C22H22N2O3/c1-15-12-18(6-7-20(15)27-2)21(25)17-8-10-24(11-9-17)22(26)19-5-3-4-16(13-19)14-23/h3-7,12-13,17H,8-11H2,1-2H3. The molecule has 2 aromatic rings. The Morgan fingerprint density at radius 1 is 1.11 bits per heavy atom. The van der Waals surface area contributed by atoms with Crippen molar-refractivity contribution < 1.29 is 14.3 Å². The molecule has 0 aromatic heterocycles. The fourth-order valence-electron chi connectivity index (χ4n) is 3.52. The number of hydrogen-bond donors (Lipinski definition) is 0. The minimum Gasteiger partial charge on any atom is -0.496 e. The molecular weight excluding hydrogens is 340 g/mol. The number of nitriles is 1. The number of Topliss-reactive ketones (excluding diaryl/α,β-unsaturated/α-hetero) is 1. The zero-order chi connectivity index (χ0) is 19.4. The lowest BCUT2D eigenvalue weighted by atomic mass is 9.88. The summed E-state index contributed by atoms with van der Waals surface area (Å²) in [5.41, 5.74) is 2.62. The molecule has 0 N–H and O–H groups in total. The van der Waals surface area contributed by atoms with Crippen LogP contribution in [-0.2, 0) is 0 Å². The van der Waals surface area contributed by atoms with E-state index in [1.807, 2.05) is 19.1 Å². The van der Waals surface area contributed by atoms with Crippen LogP contribution in [0.15, 0.2) is 42.5 Å². The zero-order valence-electron chi connectivity index (χ0n) is 15.6. The van der Waals surface area contributed by atoms with E-state index in [-0.39, 0.29) is 17.6 Å². The van der Waals surface area contributed by atoms with E-state index < -0.39 is 0 Å². The summed E-state index contributed by atoms with van der Waals surface area (Å²) in [7, 11) is 1.61. The van der Waals surface area contributed by atoms with E-state index >= 15 is 0 Å². The molecule has 1 aliphatic rings. The van der Waals surface area contributed by atoms with Crippen molar-refractivity contribution in [3.63, 3.8) is 0 Å². The molecule has 0 unspecified atom stereocenters. The molecular formula is C22H22N2O3.